The molecule has 0 bridgehead atoms. The van der Waals surface area contributed by atoms with Crippen LogP contribution in [0.5, 0.6) is 0 Å². The van der Waals surface area contributed by atoms with E-state index in [4.69, 9.17) is 10.5 Å². The van der Waals surface area contributed by atoms with Crippen LogP contribution in [0, 0.1) is 0 Å². The van der Waals surface area contributed by atoms with E-state index in [2.05, 4.69) is 18.2 Å². The lowest BCUT2D eigenvalue weighted by atomic mass is 9.82. The maximum atomic E-state index is 12.8. The fourth-order valence-electron chi connectivity index (χ4n) is 3.29. The van der Waals surface area contributed by atoms with Crippen molar-refractivity contribution in [3.63, 3.8) is 0 Å². The highest BCUT2D eigenvalue weighted by molar-refractivity contribution is 5.85. The topological polar surface area (TPSA) is 55.6 Å². The molecule has 1 saturated heterocycles. The third-order valence-corrected chi connectivity index (χ3v) is 4.38. The number of rotatable bonds is 2. The predicted molar refractivity (Wildman–Crippen MR) is 84.7 cm³/mol. The standard InChI is InChI=1S/C16H22N2O2.ClH/c17-10-13-11-18(8-9-20-13)16(19)15-7-3-5-12-4-1-2-6-14(12)15;/h1-2,4,6,13,15H,3,5,7-11,17H2;1H. The van der Waals surface area contributed by atoms with Crippen molar-refractivity contribution >= 4 is 18.3 Å². The van der Waals surface area contributed by atoms with E-state index in [-0.39, 0.29) is 30.3 Å². The largest absolute Gasteiger partial charge is 0.373 e. The molecule has 1 aromatic rings. The summed E-state index contributed by atoms with van der Waals surface area (Å²) in [7, 11) is 0. The Bertz CT molecular complexity index is 495. The summed E-state index contributed by atoms with van der Waals surface area (Å²) >= 11 is 0. The highest BCUT2D eigenvalue weighted by Crippen LogP contribution is 2.33. The van der Waals surface area contributed by atoms with Gasteiger partial charge in [0.2, 0.25) is 5.91 Å². The van der Waals surface area contributed by atoms with Gasteiger partial charge in [0.1, 0.15) is 0 Å². The first-order valence-corrected chi connectivity index (χ1v) is 7.48. The fraction of sp³-hybridized carbons (Fsp3) is 0.562. The molecule has 5 heteroatoms. The lowest BCUT2D eigenvalue weighted by Crippen LogP contribution is -2.49. The van der Waals surface area contributed by atoms with Crippen molar-refractivity contribution in [3.8, 4) is 0 Å². The molecule has 1 aromatic carbocycles. The second-order valence-electron chi connectivity index (χ2n) is 5.66. The summed E-state index contributed by atoms with van der Waals surface area (Å²) in [6, 6.07) is 8.35. The number of nitrogens with two attached hydrogens (primary N) is 1. The smallest absolute Gasteiger partial charge is 0.230 e. The van der Waals surface area contributed by atoms with Crippen LogP contribution in [0.4, 0.5) is 0 Å². The number of nitrogens with zero attached hydrogens (tertiary/aromatic N) is 1. The second-order valence-corrected chi connectivity index (χ2v) is 5.66. The first kappa shape index (κ1) is 16.3. The maximum absolute atomic E-state index is 12.8. The quantitative estimate of drug-likeness (QED) is 0.905. The zero-order valence-electron chi connectivity index (χ0n) is 12.2. The number of ether oxygens (including phenoxy) is 1. The highest BCUT2D eigenvalue weighted by Gasteiger charge is 2.32. The van der Waals surface area contributed by atoms with Gasteiger partial charge in [-0.15, -0.1) is 12.4 Å². The van der Waals surface area contributed by atoms with Gasteiger partial charge in [-0.3, -0.25) is 4.79 Å². The van der Waals surface area contributed by atoms with Crippen molar-refractivity contribution in [2.24, 2.45) is 5.73 Å². The molecule has 4 nitrogen and oxygen atoms in total. The van der Waals surface area contributed by atoms with Crippen LogP contribution in [0.1, 0.15) is 29.9 Å². The number of fused-ring (bicyclic) bond motifs is 1. The second kappa shape index (κ2) is 7.25. The molecule has 0 radical (unpaired) electrons. The average Bonchev–Trinajstić information content (AvgIpc) is 2.53. The molecule has 1 fully saturated rings. The highest BCUT2D eigenvalue weighted by atomic mass is 35.5. The Labute approximate surface area is 132 Å². The fourth-order valence-corrected chi connectivity index (χ4v) is 3.29. The zero-order chi connectivity index (χ0) is 13.9. The van der Waals surface area contributed by atoms with Crippen LogP contribution in [0.3, 0.4) is 0 Å². The van der Waals surface area contributed by atoms with Gasteiger partial charge in [0.05, 0.1) is 18.6 Å². The summed E-state index contributed by atoms with van der Waals surface area (Å²) < 4.78 is 5.55. The third kappa shape index (κ3) is 3.39. The zero-order valence-corrected chi connectivity index (χ0v) is 13.0. The molecule has 0 aromatic heterocycles. The normalized spacial score (nSPS) is 24.9. The molecule has 116 valence electrons. The molecule has 2 N–H and O–H groups in total. The number of aryl methyl sites for hydroxylation is 1. The average molecular weight is 311 g/mol. The van der Waals surface area contributed by atoms with Gasteiger partial charge < -0.3 is 15.4 Å². The van der Waals surface area contributed by atoms with Crippen LogP contribution in [-0.4, -0.2) is 43.2 Å². The van der Waals surface area contributed by atoms with Crippen LogP contribution in [-0.2, 0) is 16.0 Å². The van der Waals surface area contributed by atoms with Gasteiger partial charge in [0.25, 0.3) is 0 Å². The van der Waals surface area contributed by atoms with Crippen LogP contribution in [0.15, 0.2) is 24.3 Å². The molecular formula is C16H23ClN2O2. The van der Waals surface area contributed by atoms with Crippen molar-refractivity contribution in [1.29, 1.82) is 0 Å². The van der Waals surface area contributed by atoms with Gasteiger partial charge in [-0.1, -0.05) is 24.3 Å². The minimum Gasteiger partial charge on any atom is -0.373 e. The molecule has 2 unspecified atom stereocenters. The lowest BCUT2D eigenvalue weighted by Gasteiger charge is -2.36. The van der Waals surface area contributed by atoms with E-state index in [1.54, 1.807) is 0 Å². The van der Waals surface area contributed by atoms with Crippen molar-refractivity contribution < 1.29 is 9.53 Å². The summed E-state index contributed by atoms with van der Waals surface area (Å²) in [5.41, 5.74) is 8.21. The molecule has 1 aliphatic heterocycles. The summed E-state index contributed by atoms with van der Waals surface area (Å²) in [5, 5.41) is 0. The molecule has 0 spiro atoms. The van der Waals surface area contributed by atoms with Gasteiger partial charge in [-0.05, 0) is 30.4 Å². The number of halogens is 1. The monoisotopic (exact) mass is 310 g/mol. The molecule has 1 aliphatic carbocycles. The number of carbonyl (C=O) groups is 1. The molecule has 1 amide bonds. The van der Waals surface area contributed by atoms with Crippen molar-refractivity contribution in [2.75, 3.05) is 26.2 Å². The van der Waals surface area contributed by atoms with E-state index in [1.165, 1.54) is 11.1 Å². The predicted octanol–water partition coefficient (Wildman–Crippen LogP) is 1.71. The van der Waals surface area contributed by atoms with E-state index in [0.717, 1.165) is 19.3 Å². The number of amides is 1. The minimum atomic E-state index is -0.00784. The molecule has 2 atom stereocenters. The molecule has 3 rings (SSSR count). The van der Waals surface area contributed by atoms with Gasteiger partial charge >= 0.3 is 0 Å². The number of carbonyl (C=O) groups excluding carboxylic acids is 1. The Hall–Kier alpha value is -1.10. The Morgan fingerprint density at radius 3 is 3.00 bits per heavy atom. The number of morpholine rings is 1. The van der Waals surface area contributed by atoms with E-state index >= 15 is 0 Å². The van der Waals surface area contributed by atoms with Crippen LogP contribution >= 0.6 is 12.4 Å². The van der Waals surface area contributed by atoms with Gasteiger partial charge in [-0.25, -0.2) is 0 Å². The number of hydrogen-bond acceptors (Lipinski definition) is 3. The number of benzene rings is 1. The van der Waals surface area contributed by atoms with Crippen LogP contribution in [0.2, 0.25) is 0 Å². The van der Waals surface area contributed by atoms with Crippen molar-refractivity contribution in [3.05, 3.63) is 35.4 Å². The Morgan fingerprint density at radius 2 is 2.19 bits per heavy atom. The summed E-state index contributed by atoms with van der Waals surface area (Å²) in [6.45, 7) is 2.40. The van der Waals surface area contributed by atoms with Crippen LogP contribution in [0.25, 0.3) is 0 Å². The summed E-state index contributed by atoms with van der Waals surface area (Å²) in [4.78, 5) is 14.7. The third-order valence-electron chi connectivity index (χ3n) is 4.38. The van der Waals surface area contributed by atoms with E-state index < -0.39 is 0 Å². The Morgan fingerprint density at radius 1 is 1.38 bits per heavy atom. The van der Waals surface area contributed by atoms with Crippen LogP contribution < -0.4 is 5.73 Å². The van der Waals surface area contributed by atoms with E-state index in [1.807, 2.05) is 11.0 Å². The van der Waals surface area contributed by atoms with Gasteiger partial charge in [0, 0.05) is 19.6 Å². The van der Waals surface area contributed by atoms with Gasteiger partial charge in [0.15, 0.2) is 0 Å². The minimum absolute atomic E-state index is 0. The molecule has 0 saturated carbocycles. The summed E-state index contributed by atoms with van der Waals surface area (Å²) in [6.07, 6.45) is 3.14. The molecular weight excluding hydrogens is 288 g/mol. The lowest BCUT2D eigenvalue weighted by molar-refractivity contribution is -0.140. The summed E-state index contributed by atoms with van der Waals surface area (Å²) in [5.74, 6) is 0.273. The van der Waals surface area contributed by atoms with Gasteiger partial charge in [-0.2, -0.15) is 0 Å². The number of hydrogen-bond donors (Lipinski definition) is 1. The molecule has 2 aliphatic rings. The molecule has 21 heavy (non-hydrogen) atoms. The van der Waals surface area contributed by atoms with Crippen molar-refractivity contribution in [2.45, 2.75) is 31.3 Å². The maximum Gasteiger partial charge on any atom is 0.230 e. The Balaban J connectivity index is 0.00000161. The Kier molecular flexibility index (Phi) is 5.62. The van der Waals surface area contributed by atoms with E-state index in [0.29, 0.717) is 26.2 Å². The first-order valence-electron chi connectivity index (χ1n) is 7.48. The SMILES string of the molecule is Cl.NCC1CN(C(=O)C2CCCc3ccccc32)CCO1. The first-order chi connectivity index (χ1) is 9.79. The van der Waals surface area contributed by atoms with Crippen molar-refractivity contribution in [1.82, 2.24) is 4.90 Å². The molecule has 1 heterocycles. The van der Waals surface area contributed by atoms with E-state index in [9.17, 15) is 4.79 Å².